The fraction of sp³-hybridized carbons (Fsp3) is 0.188. The summed E-state index contributed by atoms with van der Waals surface area (Å²) in [6, 6.07) is 14.6. The topological polar surface area (TPSA) is 3.88 Å². The first-order chi connectivity index (χ1) is 8.25. The van der Waals surface area contributed by atoms with Gasteiger partial charge in [-0.15, -0.1) is 0 Å². The van der Waals surface area contributed by atoms with Gasteiger partial charge in [0.15, 0.2) is 18.4 Å². The van der Waals surface area contributed by atoms with Gasteiger partial charge in [0.05, 0.1) is 0 Å². The molecule has 2 rings (SSSR count). The minimum absolute atomic E-state index is 0.492. The van der Waals surface area contributed by atoms with Crippen LogP contribution >= 0.6 is 0 Å². The molecule has 0 spiro atoms. The van der Waals surface area contributed by atoms with Crippen molar-refractivity contribution in [2.75, 3.05) is 0 Å². The van der Waals surface area contributed by atoms with E-state index in [1.165, 1.54) is 0 Å². The van der Waals surface area contributed by atoms with Crippen LogP contribution in [0.2, 0.25) is 0 Å². The van der Waals surface area contributed by atoms with Crippen LogP contribution in [0, 0.1) is 11.8 Å². The number of aromatic nitrogens is 1. The molecule has 1 aromatic carbocycles. The third-order valence-electron chi connectivity index (χ3n) is 2.57. The van der Waals surface area contributed by atoms with E-state index >= 15 is 0 Å². The lowest BCUT2D eigenvalue weighted by atomic mass is 10.2. The molecule has 1 heteroatoms. The molecule has 17 heavy (non-hydrogen) atoms. The molecule has 0 aliphatic heterocycles. The maximum Gasteiger partial charge on any atom is 0.170 e. The van der Waals surface area contributed by atoms with Gasteiger partial charge in [-0.3, -0.25) is 0 Å². The highest BCUT2D eigenvalue weighted by Gasteiger charge is 2.03. The molecule has 0 fully saturated rings. The van der Waals surface area contributed by atoms with E-state index in [-0.39, 0.29) is 0 Å². The molecular formula is C16H16N+. The Morgan fingerprint density at radius 3 is 1.88 bits per heavy atom. The van der Waals surface area contributed by atoms with E-state index < -0.39 is 0 Å². The van der Waals surface area contributed by atoms with E-state index in [1.54, 1.807) is 0 Å². The van der Waals surface area contributed by atoms with Crippen molar-refractivity contribution in [3.05, 3.63) is 66.0 Å². The van der Waals surface area contributed by atoms with Crippen molar-refractivity contribution in [3.8, 4) is 11.8 Å². The molecule has 0 radical (unpaired) electrons. The molecule has 0 amide bonds. The molecule has 1 aromatic heterocycles. The summed E-state index contributed by atoms with van der Waals surface area (Å²) in [4.78, 5) is 0. The van der Waals surface area contributed by atoms with Gasteiger partial charge in [-0.05, 0) is 26.0 Å². The molecule has 1 nitrogen and oxygen atoms in total. The fourth-order valence-corrected chi connectivity index (χ4v) is 1.53. The van der Waals surface area contributed by atoms with Crippen molar-refractivity contribution >= 4 is 0 Å². The van der Waals surface area contributed by atoms with Gasteiger partial charge in [-0.1, -0.05) is 30.0 Å². The maximum absolute atomic E-state index is 3.16. The minimum atomic E-state index is 0.492. The largest absolute Gasteiger partial charge is 0.203 e. The van der Waals surface area contributed by atoms with E-state index in [0.717, 1.165) is 11.1 Å². The van der Waals surface area contributed by atoms with Crippen molar-refractivity contribution < 1.29 is 4.57 Å². The zero-order chi connectivity index (χ0) is 12.1. The Bertz CT molecular complexity index is 527. The Morgan fingerprint density at radius 2 is 1.35 bits per heavy atom. The predicted molar refractivity (Wildman–Crippen MR) is 69.4 cm³/mol. The Labute approximate surface area is 103 Å². The Kier molecular flexibility index (Phi) is 3.57. The van der Waals surface area contributed by atoms with E-state index in [9.17, 15) is 0 Å². The number of benzene rings is 1. The molecule has 0 saturated heterocycles. The molecule has 0 aliphatic carbocycles. The summed E-state index contributed by atoms with van der Waals surface area (Å²) < 4.78 is 2.16. The summed E-state index contributed by atoms with van der Waals surface area (Å²) in [6.07, 6.45) is 4.14. The summed E-state index contributed by atoms with van der Waals surface area (Å²) >= 11 is 0. The smallest absolute Gasteiger partial charge is 0.170 e. The number of nitrogens with zero attached hydrogens (tertiary/aromatic N) is 1. The molecule has 0 bridgehead atoms. The van der Waals surface area contributed by atoms with Crippen LogP contribution in [-0.2, 0) is 0 Å². The van der Waals surface area contributed by atoms with Crippen molar-refractivity contribution in [2.24, 2.45) is 0 Å². The maximum atomic E-state index is 3.16. The van der Waals surface area contributed by atoms with Crippen LogP contribution in [0.3, 0.4) is 0 Å². The molecule has 0 unspecified atom stereocenters. The molecule has 1 heterocycles. The third-order valence-corrected chi connectivity index (χ3v) is 2.57. The lowest BCUT2D eigenvalue weighted by molar-refractivity contribution is -0.716. The molecular weight excluding hydrogens is 206 g/mol. The van der Waals surface area contributed by atoms with Crippen molar-refractivity contribution in [2.45, 2.75) is 19.9 Å². The lowest BCUT2D eigenvalue weighted by Crippen LogP contribution is -2.34. The molecule has 0 atom stereocenters. The molecule has 0 saturated carbocycles. The zero-order valence-corrected chi connectivity index (χ0v) is 10.2. The first-order valence-corrected chi connectivity index (χ1v) is 5.83. The van der Waals surface area contributed by atoms with Crippen LogP contribution in [0.5, 0.6) is 0 Å². The van der Waals surface area contributed by atoms with Crippen LogP contribution in [0.1, 0.15) is 31.0 Å². The number of rotatable bonds is 1. The fourth-order valence-electron chi connectivity index (χ4n) is 1.53. The van der Waals surface area contributed by atoms with Crippen LogP contribution in [0.25, 0.3) is 0 Å². The quantitative estimate of drug-likeness (QED) is 0.516. The summed E-state index contributed by atoms with van der Waals surface area (Å²) in [5, 5.41) is 0. The summed E-state index contributed by atoms with van der Waals surface area (Å²) in [5.74, 6) is 6.31. The Balaban J connectivity index is 2.17. The van der Waals surface area contributed by atoms with Crippen molar-refractivity contribution in [1.82, 2.24) is 0 Å². The number of hydrogen-bond acceptors (Lipinski definition) is 0. The highest BCUT2D eigenvalue weighted by Crippen LogP contribution is 1.98. The standard InChI is InChI=1S/C16H16N/c1-14(2)17-12-10-16(11-13-17)9-8-15-6-4-3-5-7-15/h3-7,10-14H,1-2H3/q+1. The number of pyridine rings is 1. The third kappa shape index (κ3) is 3.19. The average molecular weight is 222 g/mol. The second-order valence-corrected chi connectivity index (χ2v) is 4.24. The van der Waals surface area contributed by atoms with Gasteiger partial charge in [0.25, 0.3) is 0 Å². The first-order valence-electron chi connectivity index (χ1n) is 5.83. The Morgan fingerprint density at radius 1 is 0.824 bits per heavy atom. The monoisotopic (exact) mass is 222 g/mol. The van der Waals surface area contributed by atoms with E-state index in [2.05, 4.69) is 54.8 Å². The molecule has 2 aromatic rings. The lowest BCUT2D eigenvalue weighted by Gasteiger charge is -1.98. The van der Waals surface area contributed by atoms with Crippen LogP contribution in [0.4, 0.5) is 0 Å². The van der Waals surface area contributed by atoms with Gasteiger partial charge in [0.2, 0.25) is 0 Å². The van der Waals surface area contributed by atoms with E-state index in [0.29, 0.717) is 6.04 Å². The van der Waals surface area contributed by atoms with Crippen LogP contribution in [0.15, 0.2) is 54.9 Å². The average Bonchev–Trinajstić information content (AvgIpc) is 2.38. The first kappa shape index (κ1) is 11.4. The molecule has 0 N–H and O–H groups in total. The summed E-state index contributed by atoms with van der Waals surface area (Å²) in [7, 11) is 0. The highest BCUT2D eigenvalue weighted by molar-refractivity contribution is 5.41. The van der Waals surface area contributed by atoms with Gasteiger partial charge >= 0.3 is 0 Å². The second kappa shape index (κ2) is 5.32. The summed E-state index contributed by atoms with van der Waals surface area (Å²) in [6.45, 7) is 4.32. The van der Waals surface area contributed by atoms with Crippen molar-refractivity contribution in [1.29, 1.82) is 0 Å². The number of hydrogen-bond donors (Lipinski definition) is 0. The highest BCUT2D eigenvalue weighted by atomic mass is 15.0. The minimum Gasteiger partial charge on any atom is -0.203 e. The molecule has 84 valence electrons. The van der Waals surface area contributed by atoms with Gasteiger partial charge in [0.1, 0.15) is 0 Å². The van der Waals surface area contributed by atoms with Gasteiger partial charge in [-0.25, -0.2) is 4.57 Å². The predicted octanol–water partition coefficient (Wildman–Crippen LogP) is 2.95. The Hall–Kier alpha value is -2.07. The van der Waals surface area contributed by atoms with Gasteiger partial charge in [-0.2, -0.15) is 0 Å². The zero-order valence-electron chi connectivity index (χ0n) is 10.2. The second-order valence-electron chi connectivity index (χ2n) is 4.24. The normalized spacial score (nSPS) is 9.82. The van der Waals surface area contributed by atoms with Crippen LogP contribution < -0.4 is 4.57 Å². The van der Waals surface area contributed by atoms with Crippen LogP contribution in [-0.4, -0.2) is 0 Å². The van der Waals surface area contributed by atoms with Gasteiger partial charge < -0.3 is 0 Å². The van der Waals surface area contributed by atoms with Crippen molar-refractivity contribution in [3.63, 3.8) is 0 Å². The summed E-state index contributed by atoms with van der Waals surface area (Å²) in [5.41, 5.74) is 2.10. The molecule has 0 aliphatic rings. The van der Waals surface area contributed by atoms with E-state index in [1.807, 2.05) is 30.3 Å². The van der Waals surface area contributed by atoms with E-state index in [4.69, 9.17) is 0 Å². The SMILES string of the molecule is CC(C)[n+]1ccc(C#Cc2ccccc2)cc1. The van der Waals surface area contributed by atoms with Gasteiger partial charge in [0, 0.05) is 23.3 Å².